The molecular formula is C13H23N3O6. The van der Waals surface area contributed by atoms with Crippen LogP contribution in [0.2, 0.25) is 0 Å². The maximum absolute atomic E-state index is 12.1. The van der Waals surface area contributed by atoms with E-state index in [4.69, 9.17) is 15.9 Å². The fraction of sp³-hybridized carbons (Fsp3) is 0.692. The van der Waals surface area contributed by atoms with Crippen molar-refractivity contribution in [2.24, 2.45) is 11.7 Å². The van der Waals surface area contributed by atoms with E-state index >= 15 is 0 Å². The molecule has 0 rings (SSSR count). The van der Waals surface area contributed by atoms with Gasteiger partial charge in [-0.1, -0.05) is 20.3 Å². The Morgan fingerprint density at radius 2 is 1.73 bits per heavy atom. The average molecular weight is 317 g/mol. The van der Waals surface area contributed by atoms with E-state index in [9.17, 15) is 19.2 Å². The molecule has 0 heterocycles. The third kappa shape index (κ3) is 7.02. The van der Waals surface area contributed by atoms with Gasteiger partial charge in [-0.15, -0.1) is 0 Å². The third-order valence-electron chi connectivity index (χ3n) is 3.26. The van der Waals surface area contributed by atoms with Gasteiger partial charge in [-0.05, 0) is 12.3 Å². The summed E-state index contributed by atoms with van der Waals surface area (Å²) in [4.78, 5) is 45.2. The van der Waals surface area contributed by atoms with E-state index in [1.54, 1.807) is 13.8 Å². The van der Waals surface area contributed by atoms with Gasteiger partial charge in [0.25, 0.3) is 0 Å². The molecule has 3 unspecified atom stereocenters. The minimum Gasteiger partial charge on any atom is -0.481 e. The molecule has 0 fully saturated rings. The van der Waals surface area contributed by atoms with Crippen LogP contribution in [0.15, 0.2) is 0 Å². The number of carbonyl (C=O) groups excluding carboxylic acids is 2. The molecular weight excluding hydrogens is 294 g/mol. The molecule has 22 heavy (non-hydrogen) atoms. The Morgan fingerprint density at radius 3 is 2.14 bits per heavy atom. The monoisotopic (exact) mass is 317 g/mol. The molecule has 0 aromatic carbocycles. The zero-order valence-corrected chi connectivity index (χ0v) is 12.7. The summed E-state index contributed by atoms with van der Waals surface area (Å²) in [6.07, 6.45) is 0.0377. The lowest BCUT2D eigenvalue weighted by Gasteiger charge is -2.24. The molecule has 9 heteroatoms. The number of carbonyl (C=O) groups is 4. The first-order valence-electron chi connectivity index (χ1n) is 6.97. The van der Waals surface area contributed by atoms with Crippen molar-refractivity contribution in [3.63, 3.8) is 0 Å². The maximum atomic E-state index is 12.1. The molecule has 0 spiro atoms. The number of hydrogen-bond acceptors (Lipinski definition) is 5. The first-order valence-corrected chi connectivity index (χ1v) is 6.97. The smallest absolute Gasteiger partial charge is 0.326 e. The molecule has 0 radical (unpaired) electrons. The number of hydrogen-bond donors (Lipinski definition) is 5. The Labute approximate surface area is 128 Å². The Balaban J connectivity index is 4.94. The van der Waals surface area contributed by atoms with E-state index in [0.29, 0.717) is 6.42 Å². The van der Waals surface area contributed by atoms with Crippen LogP contribution in [0.3, 0.4) is 0 Å². The van der Waals surface area contributed by atoms with Crippen molar-refractivity contribution < 1.29 is 29.4 Å². The van der Waals surface area contributed by atoms with Gasteiger partial charge < -0.3 is 26.6 Å². The van der Waals surface area contributed by atoms with Crippen LogP contribution in [0, 0.1) is 5.92 Å². The molecule has 0 saturated carbocycles. The lowest BCUT2D eigenvalue weighted by Crippen LogP contribution is -2.54. The second-order valence-corrected chi connectivity index (χ2v) is 4.97. The standard InChI is InChI=1S/C13H23N3O6/c1-3-7(2)11(13(21)22)16-12(20)8(4-5-10(18)19)15-9(17)6-14/h7-8,11H,3-6,14H2,1-2H3,(H,15,17)(H,16,20)(H,18,19)(H,21,22). The number of nitrogens with one attached hydrogen (secondary N) is 2. The molecule has 0 aromatic rings. The number of aliphatic carboxylic acids is 2. The van der Waals surface area contributed by atoms with Crippen molar-refractivity contribution >= 4 is 23.8 Å². The van der Waals surface area contributed by atoms with Crippen LogP contribution >= 0.6 is 0 Å². The SMILES string of the molecule is CCC(C)C(NC(=O)C(CCC(=O)O)NC(=O)CN)C(=O)O. The fourth-order valence-electron chi connectivity index (χ4n) is 1.73. The van der Waals surface area contributed by atoms with Crippen molar-refractivity contribution in [2.45, 2.75) is 45.2 Å². The van der Waals surface area contributed by atoms with Crippen molar-refractivity contribution in [3.05, 3.63) is 0 Å². The third-order valence-corrected chi connectivity index (χ3v) is 3.26. The summed E-state index contributed by atoms with van der Waals surface area (Å²) in [5.41, 5.74) is 5.14. The van der Waals surface area contributed by atoms with E-state index in [1.165, 1.54) is 0 Å². The van der Waals surface area contributed by atoms with Crippen LogP contribution in [0.4, 0.5) is 0 Å². The molecule has 2 amide bonds. The summed E-state index contributed by atoms with van der Waals surface area (Å²) in [6.45, 7) is 3.10. The van der Waals surface area contributed by atoms with Gasteiger partial charge in [0.15, 0.2) is 0 Å². The minimum absolute atomic E-state index is 0.153. The van der Waals surface area contributed by atoms with Crippen LogP contribution in [-0.4, -0.2) is 52.6 Å². The molecule has 126 valence electrons. The summed E-state index contributed by atoms with van der Waals surface area (Å²) < 4.78 is 0. The Bertz CT molecular complexity index is 426. The first-order chi connectivity index (χ1) is 10.2. The van der Waals surface area contributed by atoms with Crippen molar-refractivity contribution in [3.8, 4) is 0 Å². The van der Waals surface area contributed by atoms with E-state index in [0.717, 1.165) is 0 Å². The zero-order valence-electron chi connectivity index (χ0n) is 12.7. The van der Waals surface area contributed by atoms with E-state index in [1.807, 2.05) is 0 Å². The predicted octanol–water partition coefficient (Wildman–Crippen LogP) is -1.09. The molecule has 3 atom stereocenters. The molecule has 9 nitrogen and oxygen atoms in total. The van der Waals surface area contributed by atoms with Crippen LogP contribution < -0.4 is 16.4 Å². The van der Waals surface area contributed by atoms with Gasteiger partial charge >= 0.3 is 11.9 Å². The van der Waals surface area contributed by atoms with Crippen LogP contribution in [-0.2, 0) is 19.2 Å². The number of amides is 2. The first kappa shape index (κ1) is 19.8. The Hall–Kier alpha value is -2.16. The highest BCUT2D eigenvalue weighted by Gasteiger charge is 2.29. The number of nitrogens with two attached hydrogens (primary N) is 1. The summed E-state index contributed by atoms with van der Waals surface area (Å²) in [7, 11) is 0. The number of carboxylic acid groups (broad SMARTS) is 2. The number of rotatable bonds is 10. The summed E-state index contributed by atoms with van der Waals surface area (Å²) >= 11 is 0. The largest absolute Gasteiger partial charge is 0.481 e. The number of carboxylic acids is 2. The zero-order chi connectivity index (χ0) is 17.3. The molecule has 0 saturated heterocycles. The van der Waals surface area contributed by atoms with Crippen LogP contribution in [0.25, 0.3) is 0 Å². The molecule has 0 aliphatic carbocycles. The van der Waals surface area contributed by atoms with Gasteiger partial charge in [-0.2, -0.15) is 0 Å². The molecule has 0 bridgehead atoms. The van der Waals surface area contributed by atoms with Crippen LogP contribution in [0.1, 0.15) is 33.1 Å². The second-order valence-electron chi connectivity index (χ2n) is 4.97. The van der Waals surface area contributed by atoms with Gasteiger partial charge in [0.05, 0.1) is 6.54 Å². The van der Waals surface area contributed by atoms with Crippen LogP contribution in [0.5, 0.6) is 0 Å². The van der Waals surface area contributed by atoms with Gasteiger partial charge in [0.2, 0.25) is 11.8 Å². The average Bonchev–Trinajstić information content (AvgIpc) is 2.46. The highest BCUT2D eigenvalue weighted by atomic mass is 16.4. The summed E-state index contributed by atoms with van der Waals surface area (Å²) in [5.74, 6) is -4.00. The predicted molar refractivity (Wildman–Crippen MR) is 76.9 cm³/mol. The summed E-state index contributed by atoms with van der Waals surface area (Å²) in [5, 5.41) is 22.4. The van der Waals surface area contributed by atoms with Gasteiger partial charge in [0.1, 0.15) is 12.1 Å². The Kier molecular flexibility index (Phi) is 8.76. The second kappa shape index (κ2) is 9.72. The molecule has 0 aromatic heterocycles. The topological polar surface area (TPSA) is 159 Å². The quantitative estimate of drug-likeness (QED) is 0.342. The van der Waals surface area contributed by atoms with Gasteiger partial charge in [0, 0.05) is 6.42 Å². The van der Waals surface area contributed by atoms with E-state index in [2.05, 4.69) is 10.6 Å². The molecule has 0 aliphatic heterocycles. The normalized spacial score (nSPS) is 14.5. The fourth-order valence-corrected chi connectivity index (χ4v) is 1.73. The van der Waals surface area contributed by atoms with Gasteiger partial charge in [-0.25, -0.2) is 4.79 Å². The lowest BCUT2D eigenvalue weighted by atomic mass is 9.98. The van der Waals surface area contributed by atoms with Crippen molar-refractivity contribution in [2.75, 3.05) is 6.54 Å². The van der Waals surface area contributed by atoms with E-state index in [-0.39, 0.29) is 25.3 Å². The van der Waals surface area contributed by atoms with E-state index < -0.39 is 35.8 Å². The lowest BCUT2D eigenvalue weighted by molar-refractivity contribution is -0.144. The highest BCUT2D eigenvalue weighted by molar-refractivity contribution is 5.91. The minimum atomic E-state index is -1.19. The molecule has 6 N–H and O–H groups in total. The maximum Gasteiger partial charge on any atom is 0.326 e. The highest BCUT2D eigenvalue weighted by Crippen LogP contribution is 2.09. The van der Waals surface area contributed by atoms with Crippen molar-refractivity contribution in [1.29, 1.82) is 0 Å². The Morgan fingerprint density at radius 1 is 1.14 bits per heavy atom. The molecule has 0 aliphatic rings. The van der Waals surface area contributed by atoms with Gasteiger partial charge in [-0.3, -0.25) is 14.4 Å². The summed E-state index contributed by atoms with van der Waals surface area (Å²) in [6, 6.07) is -2.25. The van der Waals surface area contributed by atoms with Crippen molar-refractivity contribution in [1.82, 2.24) is 10.6 Å².